The van der Waals surface area contributed by atoms with Gasteiger partial charge in [0.2, 0.25) is 0 Å². The molecule has 0 spiro atoms. The molecule has 0 amide bonds. The van der Waals surface area contributed by atoms with E-state index in [1.807, 2.05) is 6.92 Å². The Hall–Kier alpha value is -1.65. The van der Waals surface area contributed by atoms with E-state index in [1.165, 1.54) is 0 Å². The molecule has 1 N–H and O–H groups in total. The van der Waals surface area contributed by atoms with Gasteiger partial charge in [-0.2, -0.15) is 0 Å². The number of ether oxygens (including phenoxy) is 1. The van der Waals surface area contributed by atoms with Crippen molar-refractivity contribution in [3.05, 3.63) is 29.8 Å². The minimum atomic E-state index is -1.18. The summed E-state index contributed by atoms with van der Waals surface area (Å²) in [5.74, 6) is -2.98. The highest BCUT2D eigenvalue weighted by Gasteiger charge is 2.20. The largest absolute Gasteiger partial charge is 0.479 e. The summed E-state index contributed by atoms with van der Waals surface area (Å²) in [6.45, 7) is 1.90. The molecule has 0 heterocycles. The van der Waals surface area contributed by atoms with Crippen LogP contribution in [0.3, 0.4) is 0 Å². The lowest BCUT2D eigenvalue weighted by molar-refractivity contribution is -0.145. The lowest BCUT2D eigenvalue weighted by Gasteiger charge is -2.15. The molecule has 3 nitrogen and oxygen atoms in total. The van der Waals surface area contributed by atoms with Crippen molar-refractivity contribution in [2.45, 2.75) is 32.3 Å². The molecule has 1 aromatic carbocycles. The van der Waals surface area contributed by atoms with Crippen LogP contribution in [0.1, 0.15) is 26.2 Å². The standard InChI is InChI=1S/C12H14F2O3/c1-2-3-4-10(12(15)16)17-11-7-8(13)5-6-9(11)14/h5-7,10H,2-4H2,1H3,(H,15,16). The minimum absolute atomic E-state index is 0.266. The molecule has 17 heavy (non-hydrogen) atoms. The van der Waals surface area contributed by atoms with Gasteiger partial charge in [-0.15, -0.1) is 0 Å². The van der Waals surface area contributed by atoms with E-state index in [4.69, 9.17) is 9.84 Å². The van der Waals surface area contributed by atoms with Gasteiger partial charge in [0, 0.05) is 6.07 Å². The first-order chi connectivity index (χ1) is 8.04. The van der Waals surface area contributed by atoms with Crippen LogP contribution in [0.15, 0.2) is 18.2 Å². The number of hydrogen-bond donors (Lipinski definition) is 1. The topological polar surface area (TPSA) is 46.5 Å². The molecule has 1 rings (SSSR count). The maximum Gasteiger partial charge on any atom is 0.344 e. The van der Waals surface area contributed by atoms with Gasteiger partial charge in [-0.3, -0.25) is 0 Å². The van der Waals surface area contributed by atoms with Crippen molar-refractivity contribution in [2.75, 3.05) is 0 Å². The van der Waals surface area contributed by atoms with Crippen LogP contribution in [0.5, 0.6) is 5.75 Å². The van der Waals surface area contributed by atoms with E-state index in [0.717, 1.165) is 24.6 Å². The molecule has 94 valence electrons. The Morgan fingerprint density at radius 3 is 2.76 bits per heavy atom. The summed E-state index contributed by atoms with van der Waals surface area (Å²) >= 11 is 0. The first kappa shape index (κ1) is 13.4. The fourth-order valence-corrected chi connectivity index (χ4v) is 1.34. The second-order valence-corrected chi connectivity index (χ2v) is 3.66. The number of halogens is 2. The minimum Gasteiger partial charge on any atom is -0.479 e. The van der Waals surface area contributed by atoms with Crippen LogP contribution >= 0.6 is 0 Å². The first-order valence-corrected chi connectivity index (χ1v) is 5.39. The number of aliphatic carboxylic acids is 1. The van der Waals surface area contributed by atoms with Crippen molar-refractivity contribution in [1.29, 1.82) is 0 Å². The van der Waals surface area contributed by atoms with Gasteiger partial charge in [-0.25, -0.2) is 13.6 Å². The second kappa shape index (κ2) is 6.18. The molecule has 0 radical (unpaired) electrons. The van der Waals surface area contributed by atoms with Crippen LogP contribution in [0, 0.1) is 11.6 Å². The van der Waals surface area contributed by atoms with Gasteiger partial charge in [0.1, 0.15) is 5.82 Å². The number of carbonyl (C=O) groups is 1. The van der Waals surface area contributed by atoms with E-state index in [2.05, 4.69) is 0 Å². The molecule has 0 bridgehead atoms. The number of rotatable bonds is 6. The number of hydrogen-bond acceptors (Lipinski definition) is 2. The predicted octanol–water partition coefficient (Wildman–Crippen LogP) is 2.99. The molecule has 0 aromatic heterocycles. The van der Waals surface area contributed by atoms with Crippen LogP contribution in [-0.4, -0.2) is 17.2 Å². The van der Waals surface area contributed by atoms with Crippen LogP contribution in [-0.2, 0) is 4.79 Å². The summed E-state index contributed by atoms with van der Waals surface area (Å²) in [4.78, 5) is 10.9. The van der Waals surface area contributed by atoms with Gasteiger partial charge in [0.25, 0.3) is 0 Å². The normalized spacial score (nSPS) is 12.2. The summed E-state index contributed by atoms with van der Waals surface area (Å²) < 4.78 is 31.1. The summed E-state index contributed by atoms with van der Waals surface area (Å²) in [6, 6.07) is 2.70. The quantitative estimate of drug-likeness (QED) is 0.836. The van der Waals surface area contributed by atoms with Gasteiger partial charge in [0.15, 0.2) is 17.7 Å². The van der Waals surface area contributed by atoms with Crippen molar-refractivity contribution in [1.82, 2.24) is 0 Å². The highest BCUT2D eigenvalue weighted by Crippen LogP contribution is 2.20. The molecule has 0 aliphatic rings. The average Bonchev–Trinajstić information content (AvgIpc) is 2.28. The van der Waals surface area contributed by atoms with Gasteiger partial charge in [0.05, 0.1) is 0 Å². The first-order valence-electron chi connectivity index (χ1n) is 5.39. The third-order valence-electron chi connectivity index (χ3n) is 2.26. The SMILES string of the molecule is CCCCC(Oc1cc(F)ccc1F)C(=O)O. The summed E-state index contributed by atoms with van der Waals surface area (Å²) in [7, 11) is 0. The van der Waals surface area contributed by atoms with Crippen molar-refractivity contribution in [2.24, 2.45) is 0 Å². The molecule has 1 unspecified atom stereocenters. The number of benzene rings is 1. The van der Waals surface area contributed by atoms with Crippen molar-refractivity contribution >= 4 is 5.97 Å². The average molecular weight is 244 g/mol. The molecular weight excluding hydrogens is 230 g/mol. The maximum absolute atomic E-state index is 13.2. The Kier molecular flexibility index (Phi) is 4.87. The van der Waals surface area contributed by atoms with Gasteiger partial charge in [-0.1, -0.05) is 13.3 Å². The Balaban J connectivity index is 2.78. The highest BCUT2D eigenvalue weighted by molar-refractivity contribution is 5.72. The fraction of sp³-hybridized carbons (Fsp3) is 0.417. The van der Waals surface area contributed by atoms with Crippen molar-refractivity contribution in [3.63, 3.8) is 0 Å². The van der Waals surface area contributed by atoms with Crippen molar-refractivity contribution < 1.29 is 23.4 Å². The molecule has 1 aromatic rings. The summed E-state index contributed by atoms with van der Waals surface area (Å²) in [6.07, 6.45) is 0.570. The van der Waals surface area contributed by atoms with Crippen molar-refractivity contribution in [3.8, 4) is 5.75 Å². The third-order valence-corrected chi connectivity index (χ3v) is 2.26. The van der Waals surface area contributed by atoms with Crippen LogP contribution in [0.25, 0.3) is 0 Å². The highest BCUT2D eigenvalue weighted by atomic mass is 19.1. The third kappa shape index (κ3) is 4.01. The zero-order chi connectivity index (χ0) is 12.8. The Morgan fingerprint density at radius 1 is 1.47 bits per heavy atom. The molecule has 0 saturated carbocycles. The van der Waals surface area contributed by atoms with Gasteiger partial charge in [-0.05, 0) is 25.0 Å². The number of carboxylic acid groups (broad SMARTS) is 1. The fourth-order valence-electron chi connectivity index (χ4n) is 1.34. The molecule has 0 aliphatic heterocycles. The molecule has 5 heteroatoms. The zero-order valence-electron chi connectivity index (χ0n) is 9.45. The molecule has 0 saturated heterocycles. The maximum atomic E-state index is 13.2. The zero-order valence-corrected chi connectivity index (χ0v) is 9.45. The molecule has 0 fully saturated rings. The van der Waals surface area contributed by atoms with Gasteiger partial charge >= 0.3 is 5.97 Å². The summed E-state index contributed by atoms with van der Waals surface area (Å²) in [5, 5.41) is 8.88. The Bertz CT molecular complexity index is 393. The van der Waals surface area contributed by atoms with Crippen LogP contribution in [0.4, 0.5) is 8.78 Å². The lowest BCUT2D eigenvalue weighted by Crippen LogP contribution is -2.27. The molecular formula is C12H14F2O3. The number of unbranched alkanes of at least 4 members (excludes halogenated alkanes) is 1. The predicted molar refractivity (Wildman–Crippen MR) is 57.9 cm³/mol. The monoisotopic (exact) mass is 244 g/mol. The van der Waals surface area contributed by atoms with E-state index in [-0.39, 0.29) is 12.2 Å². The van der Waals surface area contributed by atoms with Gasteiger partial charge < -0.3 is 9.84 Å². The second-order valence-electron chi connectivity index (χ2n) is 3.66. The van der Waals surface area contributed by atoms with Crippen LogP contribution < -0.4 is 4.74 Å². The Morgan fingerprint density at radius 2 is 2.18 bits per heavy atom. The van der Waals surface area contributed by atoms with E-state index in [9.17, 15) is 13.6 Å². The lowest BCUT2D eigenvalue weighted by atomic mass is 10.1. The van der Waals surface area contributed by atoms with E-state index < -0.39 is 23.7 Å². The van der Waals surface area contributed by atoms with Crippen LogP contribution in [0.2, 0.25) is 0 Å². The van der Waals surface area contributed by atoms with E-state index >= 15 is 0 Å². The molecule has 1 atom stereocenters. The van der Waals surface area contributed by atoms with E-state index in [1.54, 1.807) is 0 Å². The molecule has 0 aliphatic carbocycles. The Labute approximate surface area is 98.0 Å². The number of carboxylic acids is 1. The smallest absolute Gasteiger partial charge is 0.344 e. The van der Waals surface area contributed by atoms with E-state index in [0.29, 0.717) is 6.42 Å². The summed E-state index contributed by atoms with van der Waals surface area (Å²) in [5.41, 5.74) is 0.